The van der Waals surface area contributed by atoms with E-state index < -0.39 is 11.6 Å². The topological polar surface area (TPSA) is 134 Å². The standard InChI is InChI=1S/C29H27Cl2N3O5.C21H23Cl2NO4/c30-20-5-7-27(24(31)12-20)38-17-18-2-1-3-21(10-18)39-23-13-33(14-23)16-28-32-25-6-4-19(29(35)36)11-26(25)34(28)15-22-8-9-37-22;1-21(2,3)28-20(25)24-11-17(12-24)27-16-6-4-5-14(9-16)13-26-19-8-7-15(22)10-18(19)23/h1-7,10-12,22-23H,8-9,13-17H2,(H,35,36);4-10,17H,11-13H2,1-3H3/t22-;/m0./s1. The number of likely N-dealkylation sites (tertiary alicyclic amines) is 2. The first-order valence-electron chi connectivity index (χ1n) is 21.8. The minimum absolute atomic E-state index is 0.0469. The molecule has 3 aliphatic heterocycles. The third kappa shape index (κ3) is 13.0. The number of rotatable bonds is 15. The molecule has 1 amide bonds. The maximum atomic E-state index is 12.0. The minimum Gasteiger partial charge on any atom is -0.488 e. The van der Waals surface area contributed by atoms with Crippen molar-refractivity contribution in [3.63, 3.8) is 0 Å². The van der Waals surface area contributed by atoms with Gasteiger partial charge in [0, 0.05) is 29.7 Å². The second kappa shape index (κ2) is 21.3. The van der Waals surface area contributed by atoms with Crippen molar-refractivity contribution in [1.29, 1.82) is 0 Å². The number of nitrogens with zero attached hydrogens (tertiary/aromatic N) is 4. The lowest BCUT2D eigenvalue weighted by Gasteiger charge is -2.39. The highest BCUT2D eigenvalue weighted by Crippen LogP contribution is 2.31. The van der Waals surface area contributed by atoms with E-state index in [0.717, 1.165) is 65.6 Å². The summed E-state index contributed by atoms with van der Waals surface area (Å²) in [4.78, 5) is 32.2. The average Bonchev–Trinajstić information content (AvgIpc) is 3.57. The summed E-state index contributed by atoms with van der Waals surface area (Å²) in [5.74, 6) is 2.64. The van der Waals surface area contributed by atoms with Crippen molar-refractivity contribution < 1.29 is 43.1 Å². The van der Waals surface area contributed by atoms with Crippen LogP contribution in [0.3, 0.4) is 0 Å². The predicted octanol–water partition coefficient (Wildman–Crippen LogP) is 11.2. The molecule has 1 aromatic heterocycles. The number of fused-ring (bicyclic) bond motifs is 1. The Morgan fingerprint density at radius 3 is 1.82 bits per heavy atom. The molecule has 4 heterocycles. The molecular formula is C50H50Cl4N4O9. The number of amides is 1. The van der Waals surface area contributed by atoms with Gasteiger partial charge in [0.05, 0.1) is 58.9 Å². The maximum Gasteiger partial charge on any atom is 0.410 e. The number of carbonyl (C=O) groups excluding carboxylic acids is 1. The number of benzene rings is 5. The fourth-order valence-corrected chi connectivity index (χ4v) is 8.41. The van der Waals surface area contributed by atoms with Gasteiger partial charge in [0.2, 0.25) is 0 Å². The number of carboxylic acids is 1. The van der Waals surface area contributed by atoms with Crippen LogP contribution in [0, 0.1) is 0 Å². The fraction of sp³-hybridized carbons (Fsp3) is 0.340. The Kier molecular flexibility index (Phi) is 15.3. The molecule has 352 valence electrons. The highest BCUT2D eigenvalue weighted by atomic mass is 35.5. The number of halogens is 4. The van der Waals surface area contributed by atoms with Crippen molar-refractivity contribution in [2.24, 2.45) is 0 Å². The molecule has 0 spiro atoms. The summed E-state index contributed by atoms with van der Waals surface area (Å²) in [5, 5.41) is 11.5. The largest absolute Gasteiger partial charge is 0.488 e. The normalized spacial score (nSPS) is 16.2. The quantitative estimate of drug-likeness (QED) is 0.105. The van der Waals surface area contributed by atoms with Gasteiger partial charge in [-0.1, -0.05) is 70.7 Å². The first-order chi connectivity index (χ1) is 32.1. The molecule has 67 heavy (non-hydrogen) atoms. The lowest BCUT2D eigenvalue weighted by atomic mass is 10.1. The van der Waals surface area contributed by atoms with E-state index in [2.05, 4.69) is 9.47 Å². The van der Waals surface area contributed by atoms with Crippen LogP contribution in [-0.2, 0) is 35.8 Å². The molecule has 3 fully saturated rings. The highest BCUT2D eigenvalue weighted by Gasteiger charge is 2.35. The molecule has 9 rings (SSSR count). The van der Waals surface area contributed by atoms with Crippen molar-refractivity contribution in [3.8, 4) is 23.0 Å². The van der Waals surface area contributed by atoms with Crippen molar-refractivity contribution >= 4 is 69.5 Å². The van der Waals surface area contributed by atoms with E-state index in [1.54, 1.807) is 59.5 Å². The summed E-state index contributed by atoms with van der Waals surface area (Å²) in [6.07, 6.45) is 0.838. The molecular weight excluding hydrogens is 942 g/mol. The van der Waals surface area contributed by atoms with Crippen molar-refractivity contribution in [2.45, 2.75) is 77.4 Å². The molecule has 17 heteroatoms. The van der Waals surface area contributed by atoms with Gasteiger partial charge in [0.25, 0.3) is 0 Å². The summed E-state index contributed by atoms with van der Waals surface area (Å²) < 4.78 is 36.9. The monoisotopic (exact) mass is 990 g/mol. The number of aromatic carboxylic acids is 1. The van der Waals surface area contributed by atoms with E-state index in [1.165, 1.54) is 0 Å². The Morgan fingerprint density at radius 1 is 0.746 bits per heavy atom. The second-order valence-corrected chi connectivity index (χ2v) is 19.2. The number of carboxylic acid groups (broad SMARTS) is 1. The first kappa shape index (κ1) is 48.1. The zero-order chi connectivity index (χ0) is 47.2. The van der Waals surface area contributed by atoms with Crippen molar-refractivity contribution in [2.75, 3.05) is 32.8 Å². The second-order valence-electron chi connectivity index (χ2n) is 17.5. The van der Waals surface area contributed by atoms with Gasteiger partial charge in [-0.25, -0.2) is 14.6 Å². The third-order valence-electron chi connectivity index (χ3n) is 11.0. The molecule has 6 aromatic rings. The highest BCUT2D eigenvalue weighted by molar-refractivity contribution is 6.36. The molecule has 0 radical (unpaired) electrons. The van der Waals surface area contributed by atoms with Gasteiger partial charge in [-0.3, -0.25) is 4.90 Å². The van der Waals surface area contributed by atoms with E-state index >= 15 is 0 Å². The average molecular weight is 993 g/mol. The molecule has 5 aromatic carbocycles. The molecule has 0 unspecified atom stereocenters. The Hall–Kier alpha value is -5.41. The molecule has 0 saturated carbocycles. The SMILES string of the molecule is CC(C)(C)OC(=O)N1CC(Oc2cccc(COc3ccc(Cl)cc3Cl)c2)C1.O=C(O)c1ccc2nc(CN3CC(Oc4cccc(COc5ccc(Cl)cc5Cl)c4)C3)n(C[C@@H]3CCO3)c2c1. The van der Waals surface area contributed by atoms with Crippen LogP contribution >= 0.6 is 46.4 Å². The lowest BCUT2D eigenvalue weighted by molar-refractivity contribution is -0.0596. The third-order valence-corrected chi connectivity index (χ3v) is 12.1. The Morgan fingerprint density at radius 2 is 1.31 bits per heavy atom. The van der Waals surface area contributed by atoms with E-state index in [-0.39, 0.29) is 30.0 Å². The van der Waals surface area contributed by atoms with Crippen LogP contribution in [0.4, 0.5) is 4.79 Å². The fourth-order valence-electron chi connectivity index (χ4n) is 7.49. The Balaban J connectivity index is 0.000000192. The predicted molar refractivity (Wildman–Crippen MR) is 257 cm³/mol. The van der Waals surface area contributed by atoms with Crippen molar-refractivity contribution in [3.05, 3.63) is 146 Å². The number of hydrogen-bond donors (Lipinski definition) is 1. The number of carbonyl (C=O) groups is 2. The van der Waals surface area contributed by atoms with Gasteiger partial charge >= 0.3 is 12.1 Å². The van der Waals surface area contributed by atoms with E-state index in [4.69, 9.17) is 79.8 Å². The van der Waals surface area contributed by atoms with Gasteiger partial charge in [-0.2, -0.15) is 0 Å². The van der Waals surface area contributed by atoms with Crippen LogP contribution in [-0.4, -0.2) is 93.2 Å². The van der Waals surface area contributed by atoms with Crippen LogP contribution in [0.15, 0.2) is 103 Å². The molecule has 0 bridgehead atoms. The van der Waals surface area contributed by atoms with Gasteiger partial charge in [0.1, 0.15) is 59.8 Å². The van der Waals surface area contributed by atoms with Gasteiger partial charge in [-0.15, -0.1) is 0 Å². The molecule has 13 nitrogen and oxygen atoms in total. The number of hydrogen-bond acceptors (Lipinski definition) is 10. The molecule has 1 atom stereocenters. The number of aromatic nitrogens is 2. The maximum absolute atomic E-state index is 12.0. The van der Waals surface area contributed by atoms with Crippen LogP contribution in [0.25, 0.3) is 11.0 Å². The molecule has 1 N–H and O–H groups in total. The Bertz CT molecular complexity index is 2710. The van der Waals surface area contributed by atoms with Gasteiger partial charge in [-0.05, 0) is 117 Å². The smallest absolute Gasteiger partial charge is 0.410 e. The summed E-state index contributed by atoms with van der Waals surface area (Å²) in [6, 6.07) is 30.9. The van der Waals surface area contributed by atoms with Gasteiger partial charge in [0.15, 0.2) is 0 Å². The Labute approximate surface area is 408 Å². The zero-order valence-corrected chi connectivity index (χ0v) is 40.2. The summed E-state index contributed by atoms with van der Waals surface area (Å²) in [5.41, 5.74) is 3.30. The number of ether oxygens (including phenoxy) is 6. The van der Waals surface area contributed by atoms with E-state index in [0.29, 0.717) is 71.0 Å². The van der Waals surface area contributed by atoms with Crippen LogP contribution < -0.4 is 18.9 Å². The van der Waals surface area contributed by atoms with Crippen molar-refractivity contribution in [1.82, 2.24) is 19.4 Å². The zero-order valence-electron chi connectivity index (χ0n) is 37.1. The summed E-state index contributed by atoms with van der Waals surface area (Å²) in [7, 11) is 0. The summed E-state index contributed by atoms with van der Waals surface area (Å²) >= 11 is 24.2. The molecule has 3 saturated heterocycles. The van der Waals surface area contributed by atoms with E-state index in [1.807, 2.05) is 69.3 Å². The summed E-state index contributed by atoms with van der Waals surface area (Å²) in [6.45, 7) is 10.9. The molecule has 3 aliphatic rings. The van der Waals surface area contributed by atoms with E-state index in [9.17, 15) is 14.7 Å². The first-order valence-corrected chi connectivity index (χ1v) is 23.3. The van der Waals surface area contributed by atoms with Gasteiger partial charge < -0.3 is 43.0 Å². The van der Waals surface area contributed by atoms with Crippen LogP contribution in [0.1, 0.15) is 54.5 Å². The van der Waals surface area contributed by atoms with Crippen LogP contribution in [0.5, 0.6) is 23.0 Å². The lowest BCUT2D eigenvalue weighted by Crippen LogP contribution is -2.57. The minimum atomic E-state index is -0.946. The number of imidazole rings is 1. The molecule has 0 aliphatic carbocycles. The van der Waals surface area contributed by atoms with Crippen LogP contribution in [0.2, 0.25) is 20.1 Å².